The zero-order valence-electron chi connectivity index (χ0n) is 14.0. The van der Waals surface area contributed by atoms with Gasteiger partial charge in [-0.1, -0.05) is 12.1 Å². The molecule has 27 heavy (non-hydrogen) atoms. The normalized spacial score (nSPS) is 14.9. The minimum Gasteiger partial charge on any atom is -0.356 e. The van der Waals surface area contributed by atoms with E-state index >= 15 is 0 Å². The maximum Gasteiger partial charge on any atom is 0.416 e. The first kappa shape index (κ1) is 18.4. The van der Waals surface area contributed by atoms with E-state index in [1.807, 2.05) is 0 Å². The molecule has 0 atom stereocenters. The number of hydrogen-bond donors (Lipinski definition) is 1. The molecule has 9 heteroatoms. The molecule has 0 aliphatic carbocycles. The van der Waals surface area contributed by atoms with Gasteiger partial charge in [0.15, 0.2) is 0 Å². The van der Waals surface area contributed by atoms with Crippen molar-refractivity contribution in [3.8, 4) is 0 Å². The monoisotopic (exact) mass is 376 g/mol. The fraction of sp³-hybridized carbons (Fsp3) is 0.167. The Kier molecular flexibility index (Phi) is 4.85. The van der Waals surface area contributed by atoms with E-state index in [0.717, 1.165) is 17.0 Å². The molecular formula is C18H15F3N4O2. The number of amides is 3. The third-order valence-corrected chi connectivity index (χ3v) is 4.06. The first-order valence-electron chi connectivity index (χ1n) is 7.90. The van der Waals surface area contributed by atoms with Crippen LogP contribution in [0.15, 0.2) is 55.0 Å². The molecule has 0 saturated heterocycles. The number of alkyl halides is 3. The van der Waals surface area contributed by atoms with E-state index in [0.29, 0.717) is 16.8 Å². The number of carbonyl (C=O) groups is 2. The predicted octanol–water partition coefficient (Wildman–Crippen LogP) is 2.82. The van der Waals surface area contributed by atoms with Crippen LogP contribution in [0.1, 0.15) is 16.7 Å². The Morgan fingerprint density at radius 3 is 2.30 bits per heavy atom. The van der Waals surface area contributed by atoms with Crippen LogP contribution in [0.2, 0.25) is 0 Å². The molecule has 0 radical (unpaired) electrons. The van der Waals surface area contributed by atoms with Crippen LogP contribution in [0.3, 0.4) is 0 Å². The van der Waals surface area contributed by atoms with E-state index in [2.05, 4.69) is 4.98 Å². The Morgan fingerprint density at radius 2 is 1.74 bits per heavy atom. The van der Waals surface area contributed by atoms with E-state index in [1.165, 1.54) is 18.3 Å². The van der Waals surface area contributed by atoms with Crippen molar-refractivity contribution in [3.63, 3.8) is 0 Å². The highest BCUT2D eigenvalue weighted by Crippen LogP contribution is 2.30. The van der Waals surface area contributed by atoms with Crippen LogP contribution in [0.25, 0.3) is 5.70 Å². The Balaban J connectivity index is 1.91. The fourth-order valence-electron chi connectivity index (χ4n) is 2.73. The van der Waals surface area contributed by atoms with Crippen molar-refractivity contribution in [3.05, 3.63) is 71.7 Å². The summed E-state index contributed by atoms with van der Waals surface area (Å²) in [5.74, 6) is -0.521. The molecule has 3 rings (SSSR count). The molecule has 6 nitrogen and oxygen atoms in total. The van der Waals surface area contributed by atoms with Crippen LogP contribution >= 0.6 is 0 Å². The average molecular weight is 376 g/mol. The summed E-state index contributed by atoms with van der Waals surface area (Å²) in [6, 6.07) is 7.19. The number of primary amides is 1. The van der Waals surface area contributed by atoms with Crippen LogP contribution in [0.5, 0.6) is 0 Å². The van der Waals surface area contributed by atoms with Gasteiger partial charge in [0.05, 0.1) is 17.8 Å². The van der Waals surface area contributed by atoms with Crippen molar-refractivity contribution in [2.24, 2.45) is 5.73 Å². The Labute approximate surface area is 152 Å². The van der Waals surface area contributed by atoms with Crippen LogP contribution in [-0.4, -0.2) is 33.3 Å². The molecule has 0 unspecified atom stereocenters. The number of rotatable bonds is 3. The largest absolute Gasteiger partial charge is 0.416 e. The summed E-state index contributed by atoms with van der Waals surface area (Å²) in [6.45, 7) is 0.0444. The van der Waals surface area contributed by atoms with Gasteiger partial charge < -0.3 is 10.6 Å². The quantitative estimate of drug-likeness (QED) is 0.893. The molecule has 1 aliphatic rings. The van der Waals surface area contributed by atoms with E-state index in [-0.39, 0.29) is 13.1 Å². The van der Waals surface area contributed by atoms with Gasteiger partial charge in [-0.05, 0) is 29.8 Å². The van der Waals surface area contributed by atoms with Crippen molar-refractivity contribution in [1.82, 2.24) is 14.8 Å². The average Bonchev–Trinajstić information content (AvgIpc) is 2.62. The van der Waals surface area contributed by atoms with Crippen molar-refractivity contribution in [1.29, 1.82) is 0 Å². The fourth-order valence-corrected chi connectivity index (χ4v) is 2.73. The predicted molar refractivity (Wildman–Crippen MR) is 90.5 cm³/mol. The number of pyridine rings is 1. The summed E-state index contributed by atoms with van der Waals surface area (Å²) in [5.41, 5.74) is 6.31. The van der Waals surface area contributed by atoms with Gasteiger partial charge in [0, 0.05) is 30.7 Å². The van der Waals surface area contributed by atoms with Gasteiger partial charge in [0.25, 0.3) is 5.91 Å². The summed E-state index contributed by atoms with van der Waals surface area (Å²) >= 11 is 0. The first-order valence-corrected chi connectivity index (χ1v) is 7.90. The number of nitrogens with two attached hydrogens (primary N) is 1. The number of benzene rings is 1. The number of imide groups is 1. The second-order valence-electron chi connectivity index (χ2n) is 5.90. The van der Waals surface area contributed by atoms with Gasteiger partial charge in [-0.25, -0.2) is 9.69 Å². The molecule has 1 aliphatic heterocycles. The highest BCUT2D eigenvalue weighted by molar-refractivity contribution is 5.99. The summed E-state index contributed by atoms with van der Waals surface area (Å²) in [5, 5.41) is 0. The van der Waals surface area contributed by atoms with Gasteiger partial charge in [-0.2, -0.15) is 13.2 Å². The lowest BCUT2D eigenvalue weighted by atomic mass is 10.1. The summed E-state index contributed by atoms with van der Waals surface area (Å²) in [4.78, 5) is 30.1. The van der Waals surface area contributed by atoms with E-state index in [9.17, 15) is 22.8 Å². The van der Waals surface area contributed by atoms with Gasteiger partial charge in [0.2, 0.25) is 0 Å². The Hall–Kier alpha value is -3.36. The lowest BCUT2D eigenvalue weighted by Gasteiger charge is -2.33. The molecule has 2 N–H and O–H groups in total. The lowest BCUT2D eigenvalue weighted by molar-refractivity contribution is -0.137. The number of hydrogen-bond acceptors (Lipinski definition) is 4. The van der Waals surface area contributed by atoms with E-state index in [1.54, 1.807) is 29.4 Å². The number of carbonyl (C=O) groups excluding carboxylic acids is 2. The smallest absolute Gasteiger partial charge is 0.356 e. The summed E-state index contributed by atoms with van der Waals surface area (Å²) < 4.78 is 38.1. The minimum absolute atomic E-state index is 0.141. The van der Waals surface area contributed by atoms with Crippen LogP contribution < -0.4 is 5.73 Å². The van der Waals surface area contributed by atoms with Crippen molar-refractivity contribution in [2.75, 3.05) is 6.54 Å². The SMILES string of the molecule is NC(=O)N1C=C(c2ccncc2)N(Cc2ccc(C(F)(F)F)cc2)CC1=O. The molecule has 0 fully saturated rings. The van der Waals surface area contributed by atoms with Gasteiger partial charge in [-0.3, -0.25) is 9.78 Å². The topological polar surface area (TPSA) is 79.5 Å². The third-order valence-electron chi connectivity index (χ3n) is 4.06. The second kappa shape index (κ2) is 7.10. The van der Waals surface area contributed by atoms with Gasteiger partial charge in [0.1, 0.15) is 0 Å². The Morgan fingerprint density at radius 1 is 1.11 bits per heavy atom. The molecule has 0 saturated carbocycles. The number of urea groups is 1. The molecule has 2 aromatic rings. The maximum absolute atomic E-state index is 12.7. The molecule has 1 aromatic heterocycles. The summed E-state index contributed by atoms with van der Waals surface area (Å²) in [7, 11) is 0. The summed E-state index contributed by atoms with van der Waals surface area (Å²) in [6.07, 6.45) is 0.0202. The van der Waals surface area contributed by atoms with Crippen LogP contribution in [0, 0.1) is 0 Å². The number of halogens is 3. The highest BCUT2D eigenvalue weighted by Gasteiger charge is 2.31. The molecular weight excluding hydrogens is 361 g/mol. The number of nitrogens with zero attached hydrogens (tertiary/aromatic N) is 3. The molecule has 2 heterocycles. The Bertz CT molecular complexity index is 880. The molecule has 3 amide bonds. The number of aromatic nitrogens is 1. The standard InChI is InChI=1S/C18H15F3N4O2/c19-18(20,21)14-3-1-12(2-4-14)9-24-11-16(26)25(17(22)27)10-15(24)13-5-7-23-8-6-13/h1-8,10H,9,11H2,(H2,22,27). The molecule has 140 valence electrons. The van der Waals surface area contributed by atoms with Gasteiger partial charge >= 0.3 is 12.2 Å². The van der Waals surface area contributed by atoms with Crippen molar-refractivity contribution >= 4 is 17.6 Å². The van der Waals surface area contributed by atoms with E-state index < -0.39 is 23.7 Å². The molecule has 0 spiro atoms. The maximum atomic E-state index is 12.7. The van der Waals surface area contributed by atoms with Crippen molar-refractivity contribution < 1.29 is 22.8 Å². The van der Waals surface area contributed by atoms with E-state index in [4.69, 9.17) is 5.73 Å². The zero-order chi connectivity index (χ0) is 19.6. The zero-order valence-corrected chi connectivity index (χ0v) is 14.0. The first-order chi connectivity index (χ1) is 12.8. The van der Waals surface area contributed by atoms with Crippen LogP contribution in [-0.2, 0) is 17.5 Å². The molecule has 1 aromatic carbocycles. The third kappa shape index (κ3) is 4.08. The minimum atomic E-state index is -4.41. The molecule has 0 bridgehead atoms. The van der Waals surface area contributed by atoms with Crippen LogP contribution in [0.4, 0.5) is 18.0 Å². The highest BCUT2D eigenvalue weighted by atomic mass is 19.4. The van der Waals surface area contributed by atoms with Gasteiger partial charge in [-0.15, -0.1) is 0 Å². The lowest BCUT2D eigenvalue weighted by Crippen LogP contribution is -2.46. The van der Waals surface area contributed by atoms with Crippen molar-refractivity contribution in [2.45, 2.75) is 12.7 Å². The second-order valence-corrected chi connectivity index (χ2v) is 5.90.